The summed E-state index contributed by atoms with van der Waals surface area (Å²) >= 11 is 1.07. The van der Waals surface area contributed by atoms with Gasteiger partial charge in [0.1, 0.15) is 10.7 Å². The van der Waals surface area contributed by atoms with Crippen molar-refractivity contribution in [1.29, 1.82) is 5.41 Å². The molecule has 0 unspecified atom stereocenters. The van der Waals surface area contributed by atoms with Gasteiger partial charge in [-0.3, -0.25) is 19.8 Å². The first-order valence-electron chi connectivity index (χ1n) is 10.0. The van der Waals surface area contributed by atoms with E-state index in [0.29, 0.717) is 33.0 Å². The van der Waals surface area contributed by atoms with E-state index in [1.807, 2.05) is 30.3 Å². The molecule has 33 heavy (non-hydrogen) atoms. The molecule has 1 heterocycles. The quantitative estimate of drug-likeness (QED) is 0.297. The summed E-state index contributed by atoms with van der Waals surface area (Å²) < 4.78 is 1.79. The van der Waals surface area contributed by atoms with E-state index in [-0.39, 0.29) is 18.8 Å². The number of thiazole rings is 1. The van der Waals surface area contributed by atoms with Gasteiger partial charge in [0.25, 0.3) is 11.8 Å². The number of carboxylic acid groups (broad SMARTS) is 1. The minimum Gasteiger partial charge on any atom is -0.481 e. The van der Waals surface area contributed by atoms with Crippen LogP contribution in [0, 0.1) is 12.3 Å². The third-order valence-corrected chi connectivity index (χ3v) is 5.99. The van der Waals surface area contributed by atoms with Crippen LogP contribution < -0.4 is 15.9 Å². The number of nitrogens with two attached hydrogens (primary N) is 1. The Morgan fingerprint density at radius 1 is 1.09 bits per heavy atom. The summed E-state index contributed by atoms with van der Waals surface area (Å²) in [7, 11) is 0. The van der Waals surface area contributed by atoms with E-state index in [0.717, 1.165) is 16.9 Å². The smallest absolute Gasteiger partial charge is 0.305 e. The molecule has 0 spiro atoms. The van der Waals surface area contributed by atoms with Gasteiger partial charge in [0.15, 0.2) is 4.80 Å². The number of nitrogens with zero attached hydrogens (tertiary/aromatic N) is 2. The van der Waals surface area contributed by atoms with Gasteiger partial charge in [-0.05, 0) is 24.6 Å². The molecule has 2 aromatic carbocycles. The Kier molecular flexibility index (Phi) is 7.52. The lowest BCUT2D eigenvalue weighted by Gasteiger charge is -2.07. The van der Waals surface area contributed by atoms with Crippen molar-refractivity contribution in [3.05, 3.63) is 86.7 Å². The van der Waals surface area contributed by atoms with Crippen molar-refractivity contribution in [2.24, 2.45) is 10.7 Å². The van der Waals surface area contributed by atoms with Gasteiger partial charge in [-0.1, -0.05) is 53.8 Å². The summed E-state index contributed by atoms with van der Waals surface area (Å²) in [5.74, 6) is -2.01. The van der Waals surface area contributed by atoms with Crippen molar-refractivity contribution in [1.82, 2.24) is 9.88 Å². The first-order chi connectivity index (χ1) is 15.8. The van der Waals surface area contributed by atoms with Crippen LogP contribution in [0.2, 0.25) is 0 Å². The van der Waals surface area contributed by atoms with Crippen molar-refractivity contribution in [3.8, 4) is 0 Å². The molecule has 0 aliphatic carbocycles. The Bertz CT molecular complexity index is 1260. The van der Waals surface area contributed by atoms with Gasteiger partial charge in [0.05, 0.1) is 13.0 Å². The number of carbonyl (C=O) groups excluding carboxylic acids is 2. The zero-order valence-electron chi connectivity index (χ0n) is 17.9. The lowest BCUT2D eigenvalue weighted by atomic mass is 10.1. The molecule has 0 bridgehead atoms. The summed E-state index contributed by atoms with van der Waals surface area (Å²) in [5, 5.41) is 18.9. The minimum absolute atomic E-state index is 0.00189. The van der Waals surface area contributed by atoms with Crippen molar-refractivity contribution < 1.29 is 19.5 Å². The van der Waals surface area contributed by atoms with Crippen LogP contribution in [0.25, 0.3) is 0 Å². The van der Waals surface area contributed by atoms with Crippen LogP contribution >= 0.6 is 11.3 Å². The van der Waals surface area contributed by atoms with Crippen LogP contribution in [-0.4, -0.2) is 39.8 Å². The summed E-state index contributed by atoms with van der Waals surface area (Å²) in [6.07, 6.45) is -0.188. The van der Waals surface area contributed by atoms with Gasteiger partial charge in [0.2, 0.25) is 0 Å². The molecule has 3 rings (SSSR count). The Labute approximate surface area is 193 Å². The van der Waals surface area contributed by atoms with Gasteiger partial charge >= 0.3 is 5.97 Å². The van der Waals surface area contributed by atoms with Crippen molar-refractivity contribution >= 4 is 35.0 Å². The fraction of sp³-hybridized carbons (Fsp3) is 0.174. The molecule has 0 saturated carbocycles. The Morgan fingerprint density at radius 2 is 1.73 bits per heavy atom. The monoisotopic (exact) mass is 465 g/mol. The maximum absolute atomic E-state index is 12.8. The standard InChI is InChI=1S/C23H23N5O4S/c1-14-19(22(32)26-12-11-18(29)30)33-23(28(14)13-15-5-3-2-4-6-15)27-21(31)17-9-7-16(8-10-17)20(24)25/h2-10H,11-13H2,1H3,(H3,24,25)(H,26,32)(H,29,30). The van der Waals surface area contributed by atoms with Crippen LogP contribution in [-0.2, 0) is 11.3 Å². The van der Waals surface area contributed by atoms with Gasteiger partial charge in [-0.2, -0.15) is 4.99 Å². The van der Waals surface area contributed by atoms with Crippen LogP contribution in [0.15, 0.2) is 59.6 Å². The molecule has 1 aromatic heterocycles. The highest BCUT2D eigenvalue weighted by molar-refractivity contribution is 7.11. The lowest BCUT2D eigenvalue weighted by Crippen LogP contribution is -2.26. The number of carbonyl (C=O) groups is 3. The molecule has 0 aliphatic heterocycles. The third-order valence-electron chi connectivity index (χ3n) is 4.81. The van der Waals surface area contributed by atoms with Crippen LogP contribution in [0.1, 0.15) is 43.3 Å². The van der Waals surface area contributed by atoms with Crippen LogP contribution in [0.3, 0.4) is 0 Å². The maximum atomic E-state index is 12.8. The summed E-state index contributed by atoms with van der Waals surface area (Å²) in [4.78, 5) is 41.2. The molecule has 0 atom stereocenters. The van der Waals surface area contributed by atoms with E-state index in [2.05, 4.69) is 10.3 Å². The van der Waals surface area contributed by atoms with Gasteiger partial charge in [0, 0.05) is 23.4 Å². The van der Waals surface area contributed by atoms with Crippen LogP contribution in [0.5, 0.6) is 0 Å². The highest BCUT2D eigenvalue weighted by Crippen LogP contribution is 2.15. The molecular weight excluding hydrogens is 442 g/mol. The van der Waals surface area contributed by atoms with Gasteiger partial charge in [-0.15, -0.1) is 0 Å². The molecule has 0 saturated heterocycles. The Balaban J connectivity index is 1.98. The summed E-state index contributed by atoms with van der Waals surface area (Å²) in [5.41, 5.74) is 7.87. The third kappa shape index (κ3) is 6.01. The predicted molar refractivity (Wildman–Crippen MR) is 125 cm³/mol. The molecule has 0 radical (unpaired) electrons. The Morgan fingerprint density at radius 3 is 2.33 bits per heavy atom. The minimum atomic E-state index is -1.01. The fourth-order valence-corrected chi connectivity index (χ4v) is 4.08. The number of carboxylic acids is 1. The zero-order valence-corrected chi connectivity index (χ0v) is 18.7. The number of hydrogen-bond donors (Lipinski definition) is 4. The predicted octanol–water partition coefficient (Wildman–Crippen LogP) is 2.14. The van der Waals surface area contributed by atoms with Gasteiger partial charge < -0.3 is 20.7 Å². The SMILES string of the molecule is Cc1c(C(=O)NCCC(=O)O)sc(=NC(=O)c2ccc(C(=N)N)cc2)n1Cc1ccccc1. The second-order valence-electron chi connectivity index (χ2n) is 7.18. The average Bonchev–Trinajstić information content (AvgIpc) is 3.09. The number of nitrogens with one attached hydrogen (secondary N) is 2. The van der Waals surface area contributed by atoms with E-state index in [1.165, 1.54) is 0 Å². The maximum Gasteiger partial charge on any atom is 0.305 e. The number of amides is 2. The number of aliphatic carboxylic acids is 1. The van der Waals surface area contributed by atoms with Crippen molar-refractivity contribution in [3.63, 3.8) is 0 Å². The number of benzene rings is 2. The van der Waals surface area contributed by atoms with Crippen molar-refractivity contribution in [2.45, 2.75) is 19.9 Å². The fourth-order valence-electron chi connectivity index (χ4n) is 3.04. The molecule has 2 amide bonds. The second-order valence-corrected chi connectivity index (χ2v) is 8.16. The topological polar surface area (TPSA) is 151 Å². The zero-order chi connectivity index (χ0) is 24.0. The molecule has 5 N–H and O–H groups in total. The van der Waals surface area contributed by atoms with E-state index >= 15 is 0 Å². The number of amidine groups is 1. The van der Waals surface area contributed by atoms with E-state index < -0.39 is 17.8 Å². The molecule has 9 nitrogen and oxygen atoms in total. The molecular formula is C23H23N5O4S. The van der Waals surface area contributed by atoms with E-state index in [4.69, 9.17) is 16.2 Å². The molecule has 10 heteroatoms. The van der Waals surface area contributed by atoms with E-state index in [9.17, 15) is 14.4 Å². The molecule has 0 fully saturated rings. The molecule has 170 valence electrons. The average molecular weight is 466 g/mol. The van der Waals surface area contributed by atoms with Crippen molar-refractivity contribution in [2.75, 3.05) is 6.54 Å². The highest BCUT2D eigenvalue weighted by Gasteiger charge is 2.18. The highest BCUT2D eigenvalue weighted by atomic mass is 32.1. The van der Waals surface area contributed by atoms with Crippen LogP contribution in [0.4, 0.5) is 0 Å². The number of aromatic nitrogens is 1. The number of rotatable bonds is 8. The first-order valence-corrected chi connectivity index (χ1v) is 10.9. The van der Waals surface area contributed by atoms with E-state index in [1.54, 1.807) is 35.8 Å². The molecule has 3 aromatic rings. The Hall–Kier alpha value is -4.05. The first kappa shape index (κ1) is 23.6. The number of nitrogen functional groups attached to an aromatic ring is 1. The largest absolute Gasteiger partial charge is 0.481 e. The normalized spacial score (nSPS) is 11.2. The lowest BCUT2D eigenvalue weighted by molar-refractivity contribution is -0.136. The summed E-state index contributed by atoms with van der Waals surface area (Å²) in [6, 6.07) is 15.8. The molecule has 0 aliphatic rings. The number of hydrogen-bond acceptors (Lipinski definition) is 5. The second kappa shape index (κ2) is 10.5. The summed E-state index contributed by atoms with van der Waals surface area (Å²) in [6.45, 7) is 2.16. The van der Waals surface area contributed by atoms with Gasteiger partial charge in [-0.25, -0.2) is 0 Å².